The van der Waals surface area contributed by atoms with E-state index in [0.29, 0.717) is 12.1 Å². The second kappa shape index (κ2) is 5.99. The Kier molecular flexibility index (Phi) is 4.59. The van der Waals surface area contributed by atoms with Crippen LogP contribution in [0.15, 0.2) is 6.20 Å². The first-order chi connectivity index (χ1) is 8.61. The van der Waals surface area contributed by atoms with Crippen molar-refractivity contribution in [1.29, 1.82) is 0 Å². The minimum Gasteiger partial charge on any atom is -0.343 e. The van der Waals surface area contributed by atoms with Gasteiger partial charge < -0.3 is 15.1 Å². The number of piperazine rings is 1. The van der Waals surface area contributed by atoms with Crippen molar-refractivity contribution in [2.45, 2.75) is 32.9 Å². The highest BCUT2D eigenvalue weighted by Gasteiger charge is 2.24. The Hall–Kier alpha value is -0.650. The molecule has 0 aliphatic carbocycles. The normalized spacial score (nSPS) is 23.3. The first-order valence-electron chi connectivity index (χ1n) is 6.76. The molecule has 2 unspecified atom stereocenters. The number of nitrogens with one attached hydrogen (secondary N) is 1. The van der Waals surface area contributed by atoms with E-state index in [1.807, 2.05) is 17.5 Å². The minimum atomic E-state index is 0.407. The van der Waals surface area contributed by atoms with E-state index >= 15 is 0 Å². The number of rotatable bonds is 4. The number of thiazole rings is 1. The lowest BCUT2D eigenvalue weighted by Gasteiger charge is -2.38. The molecule has 0 saturated carbocycles. The van der Waals surface area contributed by atoms with E-state index in [9.17, 15) is 0 Å². The van der Waals surface area contributed by atoms with E-state index in [0.717, 1.165) is 26.2 Å². The van der Waals surface area contributed by atoms with Crippen LogP contribution in [0.2, 0.25) is 0 Å². The van der Waals surface area contributed by atoms with E-state index in [-0.39, 0.29) is 0 Å². The van der Waals surface area contributed by atoms with E-state index in [1.165, 1.54) is 10.0 Å². The van der Waals surface area contributed by atoms with Crippen LogP contribution in [0.1, 0.15) is 31.7 Å². The molecule has 2 rings (SSSR count). The van der Waals surface area contributed by atoms with Crippen molar-refractivity contribution in [3.63, 3.8) is 0 Å². The van der Waals surface area contributed by atoms with Gasteiger partial charge in [-0.1, -0.05) is 6.92 Å². The van der Waals surface area contributed by atoms with Gasteiger partial charge in [0, 0.05) is 42.8 Å². The van der Waals surface area contributed by atoms with Gasteiger partial charge in [0.05, 0.1) is 0 Å². The van der Waals surface area contributed by atoms with E-state index in [1.54, 1.807) is 0 Å². The summed E-state index contributed by atoms with van der Waals surface area (Å²) >= 11 is 1.83. The van der Waals surface area contributed by atoms with Gasteiger partial charge in [-0.2, -0.15) is 0 Å². The summed E-state index contributed by atoms with van der Waals surface area (Å²) in [5.41, 5.74) is 0. The average Bonchev–Trinajstić information content (AvgIpc) is 2.78. The number of likely N-dealkylation sites (N-methyl/N-ethyl adjacent to an activating group) is 1. The van der Waals surface area contributed by atoms with E-state index < -0.39 is 0 Å². The van der Waals surface area contributed by atoms with Crippen LogP contribution in [0, 0.1) is 0 Å². The summed E-state index contributed by atoms with van der Waals surface area (Å²) in [4.78, 5) is 10.8. The first kappa shape index (κ1) is 13.8. The molecule has 1 aliphatic heterocycles. The van der Waals surface area contributed by atoms with Gasteiger partial charge in [0.2, 0.25) is 0 Å². The summed E-state index contributed by atoms with van der Waals surface area (Å²) in [5.74, 6) is 0. The monoisotopic (exact) mass is 268 g/mol. The topological polar surface area (TPSA) is 31.4 Å². The molecule has 0 bridgehead atoms. The predicted molar refractivity (Wildman–Crippen MR) is 78.5 cm³/mol. The molecule has 4 nitrogen and oxygen atoms in total. The van der Waals surface area contributed by atoms with Crippen LogP contribution in [-0.4, -0.2) is 49.2 Å². The third-order valence-electron chi connectivity index (χ3n) is 3.52. The number of anilines is 1. The molecular weight excluding hydrogens is 244 g/mol. The zero-order valence-corrected chi connectivity index (χ0v) is 12.6. The van der Waals surface area contributed by atoms with Crippen LogP contribution in [0.3, 0.4) is 0 Å². The first-order valence-corrected chi connectivity index (χ1v) is 7.57. The van der Waals surface area contributed by atoms with Gasteiger partial charge in [0.25, 0.3) is 0 Å². The smallest absolute Gasteiger partial charge is 0.185 e. The molecule has 0 aromatic carbocycles. The van der Waals surface area contributed by atoms with Crippen LogP contribution in [0.25, 0.3) is 0 Å². The van der Waals surface area contributed by atoms with Gasteiger partial charge in [0.1, 0.15) is 0 Å². The highest BCUT2D eigenvalue weighted by atomic mass is 32.1. The Bertz CT molecular complexity index is 379. The number of nitrogens with zero attached hydrogens (tertiary/aromatic N) is 3. The molecular formula is C13H24N4S. The molecule has 5 heteroatoms. The fraction of sp³-hybridized carbons (Fsp3) is 0.769. The maximum absolute atomic E-state index is 4.60. The number of hydrogen-bond acceptors (Lipinski definition) is 5. The number of hydrogen-bond donors (Lipinski definition) is 1. The molecule has 102 valence electrons. The molecule has 1 fully saturated rings. The largest absolute Gasteiger partial charge is 0.343 e. The Labute approximate surface area is 114 Å². The second-order valence-electron chi connectivity index (χ2n) is 5.13. The van der Waals surface area contributed by atoms with Crippen molar-refractivity contribution < 1.29 is 0 Å². The summed E-state index contributed by atoms with van der Waals surface area (Å²) in [7, 11) is 2.19. The van der Waals surface area contributed by atoms with Crippen LogP contribution in [0.5, 0.6) is 0 Å². The van der Waals surface area contributed by atoms with Gasteiger partial charge in [-0.25, -0.2) is 4.98 Å². The maximum atomic E-state index is 4.60. The summed E-state index contributed by atoms with van der Waals surface area (Å²) in [6.45, 7) is 11.0. The van der Waals surface area contributed by atoms with E-state index in [2.05, 4.69) is 47.9 Å². The third-order valence-corrected chi connectivity index (χ3v) is 4.74. The number of aromatic nitrogens is 1. The van der Waals surface area contributed by atoms with Gasteiger partial charge in [-0.05, 0) is 27.4 Å². The lowest BCUT2D eigenvalue weighted by atomic mass is 10.2. The molecule has 2 heterocycles. The Morgan fingerprint density at radius 1 is 1.56 bits per heavy atom. The molecule has 1 aliphatic rings. The quantitative estimate of drug-likeness (QED) is 0.904. The fourth-order valence-corrected chi connectivity index (χ4v) is 3.51. The SMILES string of the molecule is CCNC(C)c1cnc(N2CCN(C)CC2C)s1. The fourth-order valence-electron chi connectivity index (χ4n) is 2.44. The van der Waals surface area contributed by atoms with Crippen molar-refractivity contribution in [3.8, 4) is 0 Å². The van der Waals surface area contributed by atoms with Gasteiger partial charge in [0.15, 0.2) is 5.13 Å². The zero-order chi connectivity index (χ0) is 13.1. The summed E-state index contributed by atoms with van der Waals surface area (Å²) in [6.07, 6.45) is 2.03. The molecule has 0 spiro atoms. The van der Waals surface area contributed by atoms with Gasteiger partial charge in [-0.15, -0.1) is 11.3 Å². The maximum Gasteiger partial charge on any atom is 0.185 e. The molecule has 0 radical (unpaired) electrons. The molecule has 1 aromatic rings. The van der Waals surface area contributed by atoms with E-state index in [4.69, 9.17) is 0 Å². The highest BCUT2D eigenvalue weighted by molar-refractivity contribution is 7.15. The third kappa shape index (κ3) is 3.02. The van der Waals surface area contributed by atoms with Crippen LogP contribution < -0.4 is 10.2 Å². The molecule has 2 atom stereocenters. The molecule has 0 amide bonds. The highest BCUT2D eigenvalue weighted by Crippen LogP contribution is 2.29. The van der Waals surface area contributed by atoms with Crippen molar-refractivity contribution in [2.75, 3.05) is 38.1 Å². The van der Waals surface area contributed by atoms with Gasteiger partial charge >= 0.3 is 0 Å². The molecule has 1 N–H and O–H groups in total. The van der Waals surface area contributed by atoms with Crippen molar-refractivity contribution >= 4 is 16.5 Å². The lowest BCUT2D eigenvalue weighted by molar-refractivity contribution is 0.275. The summed E-state index contributed by atoms with van der Waals surface area (Å²) in [6, 6.07) is 0.959. The van der Waals surface area contributed by atoms with Crippen molar-refractivity contribution in [1.82, 2.24) is 15.2 Å². The predicted octanol–water partition coefficient (Wildman–Crippen LogP) is 1.95. The zero-order valence-electron chi connectivity index (χ0n) is 11.8. The molecule has 1 aromatic heterocycles. The van der Waals surface area contributed by atoms with Crippen LogP contribution in [-0.2, 0) is 0 Å². The Morgan fingerprint density at radius 2 is 2.33 bits per heavy atom. The Morgan fingerprint density at radius 3 is 3.00 bits per heavy atom. The van der Waals surface area contributed by atoms with Crippen LogP contribution in [0.4, 0.5) is 5.13 Å². The summed E-state index contributed by atoms with van der Waals surface area (Å²) in [5, 5.41) is 4.62. The Balaban J connectivity index is 2.05. The van der Waals surface area contributed by atoms with Crippen LogP contribution >= 0.6 is 11.3 Å². The molecule has 18 heavy (non-hydrogen) atoms. The van der Waals surface area contributed by atoms with Crippen molar-refractivity contribution in [3.05, 3.63) is 11.1 Å². The summed E-state index contributed by atoms with van der Waals surface area (Å²) < 4.78 is 0. The van der Waals surface area contributed by atoms with Crippen molar-refractivity contribution in [2.24, 2.45) is 0 Å². The lowest BCUT2D eigenvalue weighted by Crippen LogP contribution is -2.50. The van der Waals surface area contributed by atoms with Gasteiger partial charge in [-0.3, -0.25) is 0 Å². The average molecular weight is 268 g/mol. The second-order valence-corrected chi connectivity index (χ2v) is 6.17. The standard InChI is InChI=1S/C13H24N4S/c1-5-14-11(3)12-8-15-13(18-12)17-7-6-16(4)9-10(17)2/h8,10-11,14H,5-7,9H2,1-4H3. The minimum absolute atomic E-state index is 0.407. The molecule has 1 saturated heterocycles.